The van der Waals surface area contributed by atoms with Crippen molar-refractivity contribution in [2.24, 2.45) is 0 Å². The molecule has 2 aromatic carbocycles. The summed E-state index contributed by atoms with van der Waals surface area (Å²) in [7, 11) is -4.02. The number of hydrogen-bond donors (Lipinski definition) is 0. The van der Waals surface area contributed by atoms with Gasteiger partial charge in [-0.15, -0.1) is 0 Å². The van der Waals surface area contributed by atoms with Gasteiger partial charge >= 0.3 is 0 Å². The summed E-state index contributed by atoms with van der Waals surface area (Å²) in [4.78, 5) is 25.3. The molecule has 4 aromatic rings. The number of Topliss-reactive ketones (excluding diaryl/α,β-unsaturated/α-hetero) is 2. The highest BCUT2D eigenvalue weighted by Crippen LogP contribution is 2.19. The van der Waals surface area contributed by atoms with Gasteiger partial charge in [-0.1, -0.05) is 30.3 Å². The fourth-order valence-corrected chi connectivity index (χ4v) is 4.62. The smallest absolute Gasteiger partial charge is 0.268 e. The highest BCUT2D eigenvalue weighted by molar-refractivity contribution is 7.90. The topological polar surface area (TPSA) is 86.3 Å². The van der Waals surface area contributed by atoms with Crippen LogP contribution >= 0.6 is 0 Å². The summed E-state index contributed by atoms with van der Waals surface area (Å²) in [5.41, 5.74) is 0.593. The third kappa shape index (κ3) is 4.45. The van der Waals surface area contributed by atoms with E-state index in [9.17, 15) is 22.4 Å². The summed E-state index contributed by atoms with van der Waals surface area (Å²) < 4.78 is 45.2. The molecule has 0 saturated heterocycles. The molecule has 0 bridgehead atoms. The molecule has 162 valence electrons. The van der Waals surface area contributed by atoms with E-state index in [1.807, 2.05) is 0 Å². The van der Waals surface area contributed by atoms with Crippen molar-refractivity contribution in [2.75, 3.05) is 0 Å². The van der Waals surface area contributed by atoms with Crippen LogP contribution in [0.25, 0.3) is 0 Å². The van der Waals surface area contributed by atoms with Crippen LogP contribution in [0.5, 0.6) is 0 Å². The minimum absolute atomic E-state index is 0.00849. The summed E-state index contributed by atoms with van der Waals surface area (Å²) in [6.07, 6.45) is 1.33. The normalized spacial score (nSPS) is 11.4. The molecule has 0 atom stereocenters. The molecule has 32 heavy (non-hydrogen) atoms. The monoisotopic (exact) mass is 451 g/mol. The number of nitrogens with zero attached hydrogens (tertiary/aromatic N) is 1. The molecule has 2 aromatic heterocycles. The second-order valence-electron chi connectivity index (χ2n) is 7.11. The fraction of sp³-hybridized carbons (Fsp3) is 0.0833. The van der Waals surface area contributed by atoms with E-state index in [4.69, 9.17) is 4.42 Å². The summed E-state index contributed by atoms with van der Waals surface area (Å²) in [5.74, 6) is -1.22. The number of aromatic nitrogens is 1. The third-order valence-corrected chi connectivity index (χ3v) is 6.55. The number of carbonyl (C=O) groups excluding carboxylic acids is 2. The average Bonchev–Trinajstić information content (AvgIpc) is 3.45. The van der Waals surface area contributed by atoms with Crippen LogP contribution in [0.4, 0.5) is 4.39 Å². The number of rotatable bonds is 8. The van der Waals surface area contributed by atoms with E-state index in [-0.39, 0.29) is 28.6 Å². The van der Waals surface area contributed by atoms with E-state index in [2.05, 4.69) is 0 Å². The summed E-state index contributed by atoms with van der Waals surface area (Å²) >= 11 is 0. The zero-order valence-corrected chi connectivity index (χ0v) is 17.6. The van der Waals surface area contributed by atoms with Gasteiger partial charge in [-0.05, 0) is 54.1 Å². The number of benzene rings is 2. The van der Waals surface area contributed by atoms with Crippen LogP contribution in [-0.2, 0) is 27.7 Å². The van der Waals surface area contributed by atoms with Crippen LogP contribution in [0.2, 0.25) is 0 Å². The largest absolute Gasteiger partial charge is 0.465 e. The molecule has 0 aliphatic carbocycles. The van der Waals surface area contributed by atoms with Crippen LogP contribution in [0.3, 0.4) is 0 Å². The number of ketones is 2. The zero-order chi connectivity index (χ0) is 22.7. The Morgan fingerprint density at radius 3 is 2.25 bits per heavy atom. The molecular weight excluding hydrogens is 433 g/mol. The van der Waals surface area contributed by atoms with E-state index in [0.29, 0.717) is 12.2 Å². The van der Waals surface area contributed by atoms with Crippen molar-refractivity contribution in [3.8, 4) is 0 Å². The number of carbonyl (C=O) groups is 2. The minimum atomic E-state index is -4.02. The van der Waals surface area contributed by atoms with Gasteiger partial charge in [0, 0.05) is 12.6 Å². The molecule has 4 rings (SSSR count). The first-order valence-corrected chi connectivity index (χ1v) is 11.2. The van der Waals surface area contributed by atoms with Gasteiger partial charge in [-0.2, -0.15) is 0 Å². The first kappa shape index (κ1) is 21.5. The highest BCUT2D eigenvalue weighted by Gasteiger charge is 2.26. The molecule has 0 radical (unpaired) electrons. The van der Waals surface area contributed by atoms with Crippen molar-refractivity contribution in [3.63, 3.8) is 0 Å². The molecule has 0 aliphatic rings. The molecule has 0 unspecified atom stereocenters. The van der Waals surface area contributed by atoms with Crippen molar-refractivity contribution >= 4 is 21.6 Å². The Morgan fingerprint density at radius 1 is 0.844 bits per heavy atom. The lowest BCUT2D eigenvalue weighted by molar-refractivity contribution is -0.114. The number of hydrogen-bond acceptors (Lipinski definition) is 5. The Hall–Kier alpha value is -3.78. The first-order valence-electron chi connectivity index (χ1n) is 9.72. The van der Waals surface area contributed by atoms with Crippen LogP contribution in [0.15, 0.2) is 94.4 Å². The van der Waals surface area contributed by atoms with Gasteiger partial charge in [-0.25, -0.2) is 16.8 Å². The van der Waals surface area contributed by atoms with Crippen molar-refractivity contribution in [1.82, 2.24) is 3.97 Å². The average molecular weight is 451 g/mol. The second-order valence-corrected chi connectivity index (χ2v) is 8.92. The van der Waals surface area contributed by atoms with E-state index in [1.165, 1.54) is 42.6 Å². The van der Waals surface area contributed by atoms with Gasteiger partial charge in [0.2, 0.25) is 11.6 Å². The predicted molar refractivity (Wildman–Crippen MR) is 114 cm³/mol. The van der Waals surface area contributed by atoms with Crippen molar-refractivity contribution in [3.05, 3.63) is 114 Å². The minimum Gasteiger partial charge on any atom is -0.465 e. The molecule has 8 heteroatoms. The van der Waals surface area contributed by atoms with Gasteiger partial charge in [-0.3, -0.25) is 9.59 Å². The highest BCUT2D eigenvalue weighted by atomic mass is 32.2. The Kier molecular flexibility index (Phi) is 5.87. The maximum atomic E-state index is 13.0. The first-order chi connectivity index (χ1) is 15.3. The Bertz CT molecular complexity index is 1370. The van der Waals surface area contributed by atoms with Gasteiger partial charge in [0.05, 0.1) is 11.3 Å². The molecule has 6 nitrogen and oxygen atoms in total. The van der Waals surface area contributed by atoms with E-state index >= 15 is 0 Å². The molecule has 0 saturated carbocycles. The summed E-state index contributed by atoms with van der Waals surface area (Å²) in [6.45, 7) is 0. The quantitative estimate of drug-likeness (QED) is 0.298. The van der Waals surface area contributed by atoms with Gasteiger partial charge in [0.25, 0.3) is 10.0 Å². The second kappa shape index (κ2) is 8.76. The summed E-state index contributed by atoms with van der Waals surface area (Å²) in [5, 5.41) is 0. The van der Waals surface area contributed by atoms with Gasteiger partial charge in [0.15, 0.2) is 0 Å². The maximum Gasteiger partial charge on any atom is 0.268 e. The van der Waals surface area contributed by atoms with Gasteiger partial charge in [0.1, 0.15) is 23.0 Å². The Labute approximate surface area is 184 Å². The molecular formula is C24H18FNO5S. The van der Waals surface area contributed by atoms with E-state index in [0.717, 1.165) is 9.54 Å². The summed E-state index contributed by atoms with van der Waals surface area (Å²) in [6, 6.07) is 19.6. The number of halogens is 1. The Balaban J connectivity index is 1.49. The third-order valence-electron chi connectivity index (χ3n) is 4.84. The SMILES string of the molecule is O=C(Cc1ccc(Cc2ccc(F)cc2)o1)C(=O)c1cccn1S(=O)(=O)c1ccccc1. The van der Waals surface area contributed by atoms with Gasteiger partial charge < -0.3 is 4.42 Å². The van der Waals surface area contributed by atoms with Crippen molar-refractivity contribution in [1.29, 1.82) is 0 Å². The fourth-order valence-electron chi connectivity index (χ4n) is 3.25. The molecule has 0 fully saturated rings. The van der Waals surface area contributed by atoms with E-state index < -0.39 is 21.6 Å². The molecule has 0 spiro atoms. The number of furan rings is 1. The standard InChI is InChI=1S/C24H18FNO5S/c25-18-10-8-17(9-11-18)15-19-12-13-20(31-19)16-23(27)24(28)22-7-4-14-26(22)32(29,30)21-5-2-1-3-6-21/h1-14H,15-16H2. The Morgan fingerprint density at radius 2 is 1.53 bits per heavy atom. The van der Waals surface area contributed by atoms with E-state index in [1.54, 1.807) is 42.5 Å². The lowest BCUT2D eigenvalue weighted by atomic mass is 10.1. The van der Waals surface area contributed by atoms with Crippen molar-refractivity contribution in [2.45, 2.75) is 17.7 Å². The lowest BCUT2D eigenvalue weighted by Crippen LogP contribution is -2.23. The van der Waals surface area contributed by atoms with Crippen LogP contribution in [0.1, 0.15) is 27.6 Å². The van der Waals surface area contributed by atoms with Crippen LogP contribution in [-0.4, -0.2) is 24.0 Å². The van der Waals surface area contributed by atoms with Crippen LogP contribution < -0.4 is 0 Å². The molecule has 0 N–H and O–H groups in total. The predicted octanol–water partition coefficient (Wildman–Crippen LogP) is 4.04. The van der Waals surface area contributed by atoms with Crippen LogP contribution in [0, 0.1) is 5.82 Å². The molecule has 2 heterocycles. The van der Waals surface area contributed by atoms with Crippen molar-refractivity contribution < 1.29 is 26.8 Å². The molecule has 0 amide bonds. The lowest BCUT2D eigenvalue weighted by Gasteiger charge is -2.09. The molecule has 0 aliphatic heterocycles. The maximum absolute atomic E-state index is 13.0. The zero-order valence-electron chi connectivity index (χ0n) is 16.8.